The highest BCUT2D eigenvalue weighted by atomic mass is 16.5. The fourth-order valence-electron chi connectivity index (χ4n) is 1.10. The fourth-order valence-corrected chi connectivity index (χ4v) is 1.10. The first kappa shape index (κ1) is 18.3. The molecule has 0 saturated heterocycles. The molecule has 1 N–H and O–H groups in total. The number of methoxy groups -OCH3 is 1. The van der Waals surface area contributed by atoms with Crippen LogP contribution >= 0.6 is 0 Å². The fraction of sp³-hybridized carbons (Fsp3) is 0.615. The SMILES string of the molecule is COC(=O)/C=C/C(=O)OCCNC(C=O)OC(C)(C)C. The molecule has 0 aliphatic heterocycles. The van der Waals surface area contributed by atoms with Gasteiger partial charge in [-0.3, -0.25) is 10.1 Å². The number of aldehydes is 1. The molecule has 0 fully saturated rings. The maximum absolute atomic E-state index is 11.2. The van der Waals surface area contributed by atoms with E-state index in [9.17, 15) is 14.4 Å². The first-order valence-corrected chi connectivity index (χ1v) is 6.08. The van der Waals surface area contributed by atoms with E-state index < -0.39 is 23.8 Å². The Morgan fingerprint density at radius 1 is 1.20 bits per heavy atom. The third-order valence-corrected chi connectivity index (χ3v) is 1.85. The van der Waals surface area contributed by atoms with Gasteiger partial charge in [-0.05, 0) is 20.8 Å². The summed E-state index contributed by atoms with van der Waals surface area (Å²) in [6, 6.07) is 0. The summed E-state index contributed by atoms with van der Waals surface area (Å²) in [4.78, 5) is 32.6. The van der Waals surface area contributed by atoms with Crippen LogP contribution in [0, 0.1) is 0 Å². The topological polar surface area (TPSA) is 90.9 Å². The van der Waals surface area contributed by atoms with E-state index in [0.717, 1.165) is 12.2 Å². The number of nitrogens with one attached hydrogen (secondary N) is 1. The van der Waals surface area contributed by atoms with Gasteiger partial charge < -0.3 is 14.2 Å². The van der Waals surface area contributed by atoms with Gasteiger partial charge in [-0.1, -0.05) is 0 Å². The highest BCUT2D eigenvalue weighted by Crippen LogP contribution is 2.08. The van der Waals surface area contributed by atoms with E-state index in [2.05, 4.69) is 10.1 Å². The van der Waals surface area contributed by atoms with Crippen molar-refractivity contribution < 1.29 is 28.6 Å². The molecular formula is C13H21NO6. The van der Waals surface area contributed by atoms with Gasteiger partial charge in [0.2, 0.25) is 0 Å². The molecule has 0 aromatic rings. The van der Waals surface area contributed by atoms with Crippen LogP contribution in [0.4, 0.5) is 0 Å². The second-order valence-electron chi connectivity index (χ2n) is 4.77. The van der Waals surface area contributed by atoms with Crippen LogP contribution < -0.4 is 5.32 Å². The third kappa shape index (κ3) is 10.2. The zero-order chi connectivity index (χ0) is 15.6. The van der Waals surface area contributed by atoms with Crippen molar-refractivity contribution in [2.75, 3.05) is 20.3 Å². The Balaban J connectivity index is 3.89. The van der Waals surface area contributed by atoms with E-state index in [4.69, 9.17) is 9.47 Å². The zero-order valence-corrected chi connectivity index (χ0v) is 12.2. The molecule has 0 saturated carbocycles. The molecule has 0 amide bonds. The van der Waals surface area contributed by atoms with Gasteiger partial charge >= 0.3 is 11.9 Å². The second-order valence-corrected chi connectivity index (χ2v) is 4.77. The van der Waals surface area contributed by atoms with Gasteiger partial charge in [0.05, 0.1) is 12.7 Å². The van der Waals surface area contributed by atoms with Crippen LogP contribution in [-0.2, 0) is 28.6 Å². The molecule has 0 spiro atoms. The second kappa shape index (κ2) is 9.22. The monoisotopic (exact) mass is 287 g/mol. The molecule has 0 bridgehead atoms. The Morgan fingerprint density at radius 2 is 1.80 bits per heavy atom. The third-order valence-electron chi connectivity index (χ3n) is 1.85. The van der Waals surface area contributed by atoms with Crippen LogP contribution in [0.1, 0.15) is 20.8 Å². The number of hydrogen-bond acceptors (Lipinski definition) is 7. The highest BCUT2D eigenvalue weighted by Gasteiger charge is 2.17. The van der Waals surface area contributed by atoms with Gasteiger partial charge in [0, 0.05) is 18.7 Å². The number of carbonyl (C=O) groups excluding carboxylic acids is 3. The van der Waals surface area contributed by atoms with Crippen molar-refractivity contribution in [3.8, 4) is 0 Å². The molecule has 1 unspecified atom stereocenters. The summed E-state index contributed by atoms with van der Waals surface area (Å²) in [5, 5.41) is 2.77. The number of rotatable bonds is 8. The summed E-state index contributed by atoms with van der Waals surface area (Å²) >= 11 is 0. The molecule has 1 atom stereocenters. The van der Waals surface area contributed by atoms with E-state index in [1.54, 1.807) is 0 Å². The predicted molar refractivity (Wildman–Crippen MR) is 70.8 cm³/mol. The lowest BCUT2D eigenvalue weighted by molar-refractivity contribution is -0.140. The average Bonchev–Trinajstić information content (AvgIpc) is 2.37. The molecule has 7 nitrogen and oxygen atoms in total. The van der Waals surface area contributed by atoms with E-state index in [1.807, 2.05) is 20.8 Å². The molecule has 7 heteroatoms. The van der Waals surface area contributed by atoms with Crippen molar-refractivity contribution in [2.45, 2.75) is 32.6 Å². The summed E-state index contributed by atoms with van der Waals surface area (Å²) in [5.74, 6) is -1.31. The van der Waals surface area contributed by atoms with Crippen molar-refractivity contribution in [1.82, 2.24) is 5.32 Å². The average molecular weight is 287 g/mol. The molecule has 0 aliphatic carbocycles. The standard InChI is InChI=1S/C13H21NO6/c1-13(2,3)20-10(9-15)14-7-8-19-12(17)6-5-11(16)18-4/h5-6,9-10,14H,7-8H2,1-4H3/b6-5+. The maximum atomic E-state index is 11.2. The number of hydrogen-bond donors (Lipinski definition) is 1. The van der Waals surface area contributed by atoms with Gasteiger partial charge in [0.15, 0.2) is 12.5 Å². The molecule has 0 heterocycles. The van der Waals surface area contributed by atoms with Crippen LogP contribution in [-0.4, -0.2) is 50.3 Å². The molecule has 0 aliphatic rings. The molecule has 0 aromatic carbocycles. The zero-order valence-electron chi connectivity index (χ0n) is 12.2. The van der Waals surface area contributed by atoms with Crippen LogP contribution in [0.25, 0.3) is 0 Å². The quantitative estimate of drug-likeness (QED) is 0.224. The first-order chi connectivity index (χ1) is 9.28. The van der Waals surface area contributed by atoms with Crippen molar-refractivity contribution in [3.63, 3.8) is 0 Å². The number of ether oxygens (including phenoxy) is 3. The minimum absolute atomic E-state index is 0.0438. The Hall–Kier alpha value is -1.73. The van der Waals surface area contributed by atoms with Crippen molar-refractivity contribution in [3.05, 3.63) is 12.2 Å². The van der Waals surface area contributed by atoms with E-state index in [1.165, 1.54) is 7.11 Å². The number of esters is 2. The predicted octanol–water partition coefficient (Wildman–Crippen LogP) is 0.189. The van der Waals surface area contributed by atoms with Gasteiger partial charge in [-0.25, -0.2) is 9.59 Å². The molecule has 20 heavy (non-hydrogen) atoms. The van der Waals surface area contributed by atoms with Crippen molar-refractivity contribution in [1.29, 1.82) is 0 Å². The summed E-state index contributed by atoms with van der Waals surface area (Å²) in [6.45, 7) is 5.76. The Labute approximate surface area is 118 Å². The number of carbonyl (C=O) groups is 3. The minimum atomic E-state index is -0.765. The molecule has 114 valence electrons. The van der Waals surface area contributed by atoms with Gasteiger partial charge in [0.1, 0.15) is 6.61 Å². The smallest absolute Gasteiger partial charge is 0.331 e. The molecule has 0 aromatic heterocycles. The Kier molecular flexibility index (Phi) is 8.42. The van der Waals surface area contributed by atoms with Gasteiger partial charge in [-0.15, -0.1) is 0 Å². The summed E-state index contributed by atoms with van der Waals surface area (Å²) < 4.78 is 14.5. The van der Waals surface area contributed by atoms with Crippen molar-refractivity contribution >= 4 is 18.2 Å². The normalized spacial score (nSPS) is 13.0. The van der Waals surface area contributed by atoms with E-state index in [0.29, 0.717) is 6.29 Å². The summed E-state index contributed by atoms with van der Waals surface area (Å²) in [6.07, 6.45) is 1.80. The molecular weight excluding hydrogens is 266 g/mol. The van der Waals surface area contributed by atoms with Crippen LogP contribution in [0.2, 0.25) is 0 Å². The lowest BCUT2D eigenvalue weighted by Crippen LogP contribution is -2.40. The van der Waals surface area contributed by atoms with Crippen molar-refractivity contribution in [2.24, 2.45) is 0 Å². The Morgan fingerprint density at radius 3 is 2.30 bits per heavy atom. The largest absolute Gasteiger partial charge is 0.466 e. The summed E-state index contributed by atoms with van der Waals surface area (Å²) in [5.41, 5.74) is -0.460. The summed E-state index contributed by atoms with van der Waals surface area (Å²) in [7, 11) is 1.21. The maximum Gasteiger partial charge on any atom is 0.331 e. The van der Waals surface area contributed by atoms with Gasteiger partial charge in [-0.2, -0.15) is 0 Å². The molecule has 0 rings (SSSR count). The van der Waals surface area contributed by atoms with Gasteiger partial charge in [0.25, 0.3) is 0 Å². The lowest BCUT2D eigenvalue weighted by atomic mass is 10.2. The van der Waals surface area contributed by atoms with E-state index >= 15 is 0 Å². The molecule has 0 radical (unpaired) electrons. The van der Waals surface area contributed by atoms with Crippen LogP contribution in [0.5, 0.6) is 0 Å². The first-order valence-electron chi connectivity index (χ1n) is 6.08. The Bertz CT molecular complexity index is 358. The van der Waals surface area contributed by atoms with Crippen LogP contribution in [0.3, 0.4) is 0 Å². The minimum Gasteiger partial charge on any atom is -0.466 e. The van der Waals surface area contributed by atoms with E-state index in [-0.39, 0.29) is 13.2 Å². The highest BCUT2D eigenvalue weighted by molar-refractivity contribution is 5.91. The van der Waals surface area contributed by atoms with Crippen LogP contribution in [0.15, 0.2) is 12.2 Å². The lowest BCUT2D eigenvalue weighted by Gasteiger charge is -2.24.